The van der Waals surface area contributed by atoms with Crippen molar-refractivity contribution in [3.8, 4) is 0 Å². The summed E-state index contributed by atoms with van der Waals surface area (Å²) < 4.78 is 0. The standard InChI is InChI=1S/C15H22N4O/c1-16-14-4-6-17-10-13(14)15(20)18-11-5-8-19-7-2-3-12(19)9-11/h4,6,10-12H,2-3,5,7-9H2,1H3,(H,16,17)(H,18,20). The number of hydrogen-bond donors (Lipinski definition) is 2. The Morgan fingerprint density at radius 3 is 3.15 bits per heavy atom. The molecule has 1 amide bonds. The first-order chi connectivity index (χ1) is 9.78. The van der Waals surface area contributed by atoms with E-state index in [1.54, 1.807) is 12.4 Å². The molecule has 20 heavy (non-hydrogen) atoms. The molecule has 0 radical (unpaired) electrons. The van der Waals surface area contributed by atoms with Gasteiger partial charge in [0.05, 0.1) is 5.56 Å². The van der Waals surface area contributed by atoms with E-state index in [0.717, 1.165) is 25.1 Å². The minimum atomic E-state index is -0.0149. The highest BCUT2D eigenvalue weighted by atomic mass is 16.1. The van der Waals surface area contributed by atoms with Crippen molar-refractivity contribution in [3.63, 3.8) is 0 Å². The van der Waals surface area contributed by atoms with Gasteiger partial charge < -0.3 is 15.5 Å². The average Bonchev–Trinajstić information content (AvgIpc) is 2.94. The molecular weight excluding hydrogens is 252 g/mol. The van der Waals surface area contributed by atoms with Crippen LogP contribution in [0.2, 0.25) is 0 Å². The van der Waals surface area contributed by atoms with Gasteiger partial charge >= 0.3 is 0 Å². The zero-order valence-corrected chi connectivity index (χ0v) is 11.9. The zero-order valence-electron chi connectivity index (χ0n) is 11.9. The smallest absolute Gasteiger partial charge is 0.255 e. The Labute approximate surface area is 119 Å². The first-order valence-corrected chi connectivity index (χ1v) is 7.44. The van der Waals surface area contributed by atoms with E-state index in [1.807, 2.05) is 13.1 Å². The lowest BCUT2D eigenvalue weighted by Crippen LogP contribution is -2.47. The van der Waals surface area contributed by atoms with E-state index in [2.05, 4.69) is 20.5 Å². The normalized spacial score (nSPS) is 26.1. The molecule has 3 heterocycles. The van der Waals surface area contributed by atoms with Gasteiger partial charge in [-0.15, -0.1) is 0 Å². The number of carbonyl (C=O) groups excluding carboxylic acids is 1. The second kappa shape index (κ2) is 5.79. The minimum absolute atomic E-state index is 0.0149. The number of anilines is 1. The molecule has 1 aromatic rings. The summed E-state index contributed by atoms with van der Waals surface area (Å²) in [5.41, 5.74) is 1.46. The molecule has 2 N–H and O–H groups in total. The summed E-state index contributed by atoms with van der Waals surface area (Å²) in [6.45, 7) is 2.35. The van der Waals surface area contributed by atoms with Crippen LogP contribution in [-0.2, 0) is 0 Å². The van der Waals surface area contributed by atoms with Crippen LogP contribution in [0.4, 0.5) is 5.69 Å². The predicted molar refractivity (Wildman–Crippen MR) is 78.9 cm³/mol. The van der Waals surface area contributed by atoms with Gasteiger partial charge in [-0.25, -0.2) is 0 Å². The third kappa shape index (κ3) is 2.63. The fourth-order valence-electron chi connectivity index (χ4n) is 3.41. The van der Waals surface area contributed by atoms with Crippen molar-refractivity contribution in [1.29, 1.82) is 0 Å². The monoisotopic (exact) mass is 274 g/mol. The summed E-state index contributed by atoms with van der Waals surface area (Å²) in [7, 11) is 1.82. The summed E-state index contributed by atoms with van der Waals surface area (Å²) in [5, 5.41) is 6.22. The molecule has 2 saturated heterocycles. The molecule has 0 aromatic carbocycles. The summed E-state index contributed by atoms with van der Waals surface area (Å²) in [6.07, 6.45) is 8.04. The lowest BCUT2D eigenvalue weighted by atomic mass is 9.97. The molecule has 0 saturated carbocycles. The molecule has 2 fully saturated rings. The Balaban J connectivity index is 1.64. The Hall–Kier alpha value is -1.62. The van der Waals surface area contributed by atoms with Crippen molar-refractivity contribution in [3.05, 3.63) is 24.0 Å². The largest absolute Gasteiger partial charge is 0.387 e. The van der Waals surface area contributed by atoms with Crippen LogP contribution >= 0.6 is 0 Å². The maximum Gasteiger partial charge on any atom is 0.255 e. The number of pyridine rings is 1. The highest BCUT2D eigenvalue weighted by molar-refractivity contribution is 5.99. The van der Waals surface area contributed by atoms with Crippen LogP contribution in [0.25, 0.3) is 0 Å². The van der Waals surface area contributed by atoms with Crippen molar-refractivity contribution in [2.75, 3.05) is 25.5 Å². The second-order valence-corrected chi connectivity index (χ2v) is 5.70. The van der Waals surface area contributed by atoms with Gasteiger partial charge in [0.25, 0.3) is 5.91 Å². The fourth-order valence-corrected chi connectivity index (χ4v) is 3.41. The number of amides is 1. The number of hydrogen-bond acceptors (Lipinski definition) is 4. The highest BCUT2D eigenvalue weighted by Gasteiger charge is 2.32. The van der Waals surface area contributed by atoms with Crippen molar-refractivity contribution in [1.82, 2.24) is 15.2 Å². The SMILES string of the molecule is CNc1ccncc1C(=O)NC1CCN2CCCC2C1. The zero-order chi connectivity index (χ0) is 13.9. The Kier molecular flexibility index (Phi) is 3.87. The van der Waals surface area contributed by atoms with E-state index in [4.69, 9.17) is 0 Å². The summed E-state index contributed by atoms with van der Waals surface area (Å²) in [6, 6.07) is 2.80. The summed E-state index contributed by atoms with van der Waals surface area (Å²) in [4.78, 5) is 19.0. The first kappa shape index (κ1) is 13.4. The van der Waals surface area contributed by atoms with E-state index >= 15 is 0 Å². The summed E-state index contributed by atoms with van der Waals surface area (Å²) in [5.74, 6) is -0.0149. The topological polar surface area (TPSA) is 57.3 Å². The average molecular weight is 274 g/mol. The predicted octanol–water partition coefficient (Wildman–Crippen LogP) is 1.48. The minimum Gasteiger partial charge on any atom is -0.387 e. The lowest BCUT2D eigenvalue weighted by molar-refractivity contribution is 0.0896. The van der Waals surface area contributed by atoms with Gasteiger partial charge in [0, 0.05) is 43.8 Å². The van der Waals surface area contributed by atoms with Crippen LogP contribution in [0, 0.1) is 0 Å². The third-order valence-electron chi connectivity index (χ3n) is 4.49. The molecule has 2 aliphatic rings. The molecule has 0 aliphatic carbocycles. The number of piperidine rings is 1. The van der Waals surface area contributed by atoms with Crippen LogP contribution in [0.3, 0.4) is 0 Å². The van der Waals surface area contributed by atoms with Crippen molar-refractivity contribution < 1.29 is 4.79 Å². The van der Waals surface area contributed by atoms with Crippen LogP contribution in [-0.4, -0.2) is 48.0 Å². The van der Waals surface area contributed by atoms with Gasteiger partial charge in [-0.1, -0.05) is 0 Å². The van der Waals surface area contributed by atoms with Crippen molar-refractivity contribution in [2.24, 2.45) is 0 Å². The van der Waals surface area contributed by atoms with E-state index in [1.165, 1.54) is 19.4 Å². The van der Waals surface area contributed by atoms with Crippen LogP contribution in [0.15, 0.2) is 18.5 Å². The van der Waals surface area contributed by atoms with E-state index in [-0.39, 0.29) is 5.91 Å². The molecule has 3 rings (SSSR count). The number of carbonyl (C=O) groups is 1. The van der Waals surface area contributed by atoms with Crippen molar-refractivity contribution in [2.45, 2.75) is 37.8 Å². The Bertz CT molecular complexity index is 491. The van der Waals surface area contributed by atoms with Crippen LogP contribution in [0.1, 0.15) is 36.0 Å². The maximum absolute atomic E-state index is 12.4. The molecule has 2 unspecified atom stereocenters. The third-order valence-corrected chi connectivity index (χ3v) is 4.49. The van der Waals surface area contributed by atoms with E-state index < -0.39 is 0 Å². The maximum atomic E-state index is 12.4. The number of fused-ring (bicyclic) bond motifs is 1. The molecule has 0 spiro atoms. The Morgan fingerprint density at radius 1 is 1.40 bits per heavy atom. The number of aromatic nitrogens is 1. The number of nitrogens with zero attached hydrogens (tertiary/aromatic N) is 2. The van der Waals surface area contributed by atoms with E-state index in [9.17, 15) is 4.79 Å². The lowest BCUT2D eigenvalue weighted by Gasteiger charge is -2.35. The molecule has 108 valence electrons. The van der Waals surface area contributed by atoms with Gasteiger partial charge in [0.15, 0.2) is 0 Å². The van der Waals surface area contributed by atoms with Gasteiger partial charge in [-0.2, -0.15) is 0 Å². The van der Waals surface area contributed by atoms with Gasteiger partial charge in [-0.3, -0.25) is 9.78 Å². The quantitative estimate of drug-likeness (QED) is 0.876. The summed E-state index contributed by atoms with van der Waals surface area (Å²) >= 11 is 0. The van der Waals surface area contributed by atoms with Gasteiger partial charge in [0.2, 0.25) is 0 Å². The Morgan fingerprint density at radius 2 is 2.30 bits per heavy atom. The second-order valence-electron chi connectivity index (χ2n) is 5.70. The van der Waals surface area contributed by atoms with Gasteiger partial charge in [-0.05, 0) is 38.3 Å². The molecule has 2 aliphatic heterocycles. The highest BCUT2D eigenvalue weighted by Crippen LogP contribution is 2.27. The van der Waals surface area contributed by atoms with Crippen LogP contribution in [0.5, 0.6) is 0 Å². The number of nitrogens with one attached hydrogen (secondary N) is 2. The van der Waals surface area contributed by atoms with Crippen LogP contribution < -0.4 is 10.6 Å². The molecule has 2 atom stereocenters. The van der Waals surface area contributed by atoms with Crippen molar-refractivity contribution >= 4 is 11.6 Å². The fraction of sp³-hybridized carbons (Fsp3) is 0.600. The molecular formula is C15H22N4O. The van der Waals surface area contributed by atoms with Gasteiger partial charge in [0.1, 0.15) is 0 Å². The van der Waals surface area contributed by atoms with E-state index in [0.29, 0.717) is 17.6 Å². The number of rotatable bonds is 3. The molecule has 5 heteroatoms. The molecule has 5 nitrogen and oxygen atoms in total. The first-order valence-electron chi connectivity index (χ1n) is 7.44. The molecule has 1 aromatic heterocycles. The molecule has 0 bridgehead atoms.